The molecule has 0 radical (unpaired) electrons. The molecule has 0 spiro atoms. The SMILES string of the molecule is COC(CN)CCN(Cc1cccs1)C1CC1. The third-order valence-electron chi connectivity index (χ3n) is 3.34. The van der Waals surface area contributed by atoms with E-state index in [0.29, 0.717) is 6.54 Å². The number of hydrogen-bond acceptors (Lipinski definition) is 4. The predicted molar refractivity (Wildman–Crippen MR) is 72.2 cm³/mol. The molecule has 0 aromatic carbocycles. The number of thiophene rings is 1. The molecule has 1 unspecified atom stereocenters. The van der Waals surface area contributed by atoms with Crippen LogP contribution in [0.4, 0.5) is 0 Å². The summed E-state index contributed by atoms with van der Waals surface area (Å²) in [6, 6.07) is 5.15. The Kier molecular flexibility index (Phi) is 4.98. The maximum absolute atomic E-state index is 5.66. The smallest absolute Gasteiger partial charge is 0.0705 e. The first-order chi connectivity index (χ1) is 8.33. The first-order valence-corrected chi connectivity index (χ1v) is 7.20. The van der Waals surface area contributed by atoms with Crippen LogP contribution in [0.25, 0.3) is 0 Å². The molecule has 1 saturated carbocycles. The van der Waals surface area contributed by atoms with Gasteiger partial charge in [0.25, 0.3) is 0 Å². The first kappa shape index (κ1) is 13.0. The highest BCUT2D eigenvalue weighted by atomic mass is 32.1. The first-order valence-electron chi connectivity index (χ1n) is 6.32. The number of nitrogens with zero attached hydrogens (tertiary/aromatic N) is 1. The van der Waals surface area contributed by atoms with Gasteiger partial charge in [0.1, 0.15) is 0 Å². The Balaban J connectivity index is 1.81. The van der Waals surface area contributed by atoms with E-state index in [4.69, 9.17) is 10.5 Å². The van der Waals surface area contributed by atoms with Gasteiger partial charge >= 0.3 is 0 Å². The van der Waals surface area contributed by atoms with Crippen molar-refractivity contribution in [3.05, 3.63) is 22.4 Å². The van der Waals surface area contributed by atoms with Crippen LogP contribution in [0.15, 0.2) is 17.5 Å². The number of nitrogens with two attached hydrogens (primary N) is 1. The van der Waals surface area contributed by atoms with Crippen LogP contribution >= 0.6 is 11.3 Å². The Morgan fingerprint density at radius 3 is 2.94 bits per heavy atom. The summed E-state index contributed by atoms with van der Waals surface area (Å²) in [5.74, 6) is 0. The normalized spacial score (nSPS) is 17.6. The summed E-state index contributed by atoms with van der Waals surface area (Å²) in [5, 5.41) is 2.15. The lowest BCUT2D eigenvalue weighted by Gasteiger charge is -2.23. The fourth-order valence-electron chi connectivity index (χ4n) is 2.07. The third-order valence-corrected chi connectivity index (χ3v) is 4.20. The van der Waals surface area contributed by atoms with Gasteiger partial charge in [-0.05, 0) is 30.7 Å². The van der Waals surface area contributed by atoms with Crippen LogP contribution in [0, 0.1) is 0 Å². The van der Waals surface area contributed by atoms with Gasteiger partial charge < -0.3 is 10.5 Å². The molecule has 1 aliphatic rings. The lowest BCUT2D eigenvalue weighted by molar-refractivity contribution is 0.0871. The molecule has 1 heterocycles. The fourth-order valence-corrected chi connectivity index (χ4v) is 2.80. The van der Waals surface area contributed by atoms with Gasteiger partial charge in [0.2, 0.25) is 0 Å². The molecule has 1 fully saturated rings. The van der Waals surface area contributed by atoms with Gasteiger partial charge in [0.05, 0.1) is 6.10 Å². The van der Waals surface area contributed by atoms with E-state index in [1.165, 1.54) is 17.7 Å². The van der Waals surface area contributed by atoms with Crippen molar-refractivity contribution in [2.75, 3.05) is 20.2 Å². The van der Waals surface area contributed by atoms with Crippen LogP contribution in [0.2, 0.25) is 0 Å². The summed E-state index contributed by atoms with van der Waals surface area (Å²) in [5.41, 5.74) is 5.66. The van der Waals surface area contributed by atoms with E-state index in [2.05, 4.69) is 22.4 Å². The van der Waals surface area contributed by atoms with Crippen LogP contribution in [0.1, 0.15) is 24.1 Å². The quantitative estimate of drug-likeness (QED) is 0.772. The molecule has 2 N–H and O–H groups in total. The molecule has 0 aliphatic heterocycles. The molecule has 96 valence electrons. The second kappa shape index (κ2) is 6.50. The zero-order valence-electron chi connectivity index (χ0n) is 10.5. The number of methoxy groups -OCH3 is 1. The van der Waals surface area contributed by atoms with Crippen LogP contribution < -0.4 is 5.73 Å². The van der Waals surface area contributed by atoms with Crippen molar-refractivity contribution in [1.82, 2.24) is 4.90 Å². The van der Waals surface area contributed by atoms with Crippen LogP contribution in [-0.2, 0) is 11.3 Å². The molecule has 2 rings (SSSR count). The van der Waals surface area contributed by atoms with E-state index in [9.17, 15) is 0 Å². The summed E-state index contributed by atoms with van der Waals surface area (Å²) in [7, 11) is 1.75. The number of rotatable bonds is 8. The van der Waals surface area contributed by atoms with E-state index in [1.54, 1.807) is 7.11 Å². The van der Waals surface area contributed by atoms with Crippen molar-refractivity contribution in [2.24, 2.45) is 5.73 Å². The van der Waals surface area contributed by atoms with Gasteiger partial charge in [-0.2, -0.15) is 0 Å². The zero-order valence-corrected chi connectivity index (χ0v) is 11.3. The zero-order chi connectivity index (χ0) is 12.1. The molecule has 1 atom stereocenters. The second-order valence-electron chi connectivity index (χ2n) is 4.66. The molecule has 1 aromatic rings. The average molecular weight is 254 g/mol. The summed E-state index contributed by atoms with van der Waals surface area (Å²) in [4.78, 5) is 4.03. The van der Waals surface area contributed by atoms with Crippen molar-refractivity contribution in [3.8, 4) is 0 Å². The summed E-state index contributed by atoms with van der Waals surface area (Å²) < 4.78 is 5.34. The van der Waals surface area contributed by atoms with Gasteiger partial charge in [-0.15, -0.1) is 11.3 Å². The highest BCUT2D eigenvalue weighted by Gasteiger charge is 2.29. The van der Waals surface area contributed by atoms with Crippen molar-refractivity contribution in [3.63, 3.8) is 0 Å². The molecule has 3 nitrogen and oxygen atoms in total. The molecule has 1 aromatic heterocycles. The van der Waals surface area contributed by atoms with E-state index in [1.807, 2.05) is 11.3 Å². The minimum atomic E-state index is 0.208. The van der Waals surface area contributed by atoms with Crippen LogP contribution in [0.3, 0.4) is 0 Å². The molecular weight excluding hydrogens is 232 g/mol. The Morgan fingerprint density at radius 1 is 1.59 bits per heavy atom. The Labute approximate surface area is 108 Å². The largest absolute Gasteiger partial charge is 0.380 e. The molecule has 17 heavy (non-hydrogen) atoms. The topological polar surface area (TPSA) is 38.5 Å². The Morgan fingerprint density at radius 2 is 2.41 bits per heavy atom. The maximum atomic E-state index is 5.66. The van der Waals surface area contributed by atoms with Gasteiger partial charge in [-0.1, -0.05) is 6.07 Å². The molecule has 0 bridgehead atoms. The molecule has 4 heteroatoms. The molecule has 1 aliphatic carbocycles. The lowest BCUT2D eigenvalue weighted by Crippen LogP contribution is -2.32. The molecular formula is C13H22N2OS. The fraction of sp³-hybridized carbons (Fsp3) is 0.692. The number of hydrogen-bond donors (Lipinski definition) is 1. The highest BCUT2D eigenvalue weighted by Crippen LogP contribution is 2.29. The summed E-state index contributed by atoms with van der Waals surface area (Å²) in [6.07, 6.45) is 3.95. The minimum absolute atomic E-state index is 0.208. The summed E-state index contributed by atoms with van der Waals surface area (Å²) in [6.45, 7) is 2.80. The Hall–Kier alpha value is -0.420. The maximum Gasteiger partial charge on any atom is 0.0705 e. The van der Waals surface area contributed by atoms with E-state index in [0.717, 1.165) is 25.6 Å². The van der Waals surface area contributed by atoms with Gasteiger partial charge in [-0.3, -0.25) is 4.90 Å². The monoisotopic (exact) mass is 254 g/mol. The predicted octanol–water partition coefficient (Wildman–Crippen LogP) is 2.08. The third kappa shape index (κ3) is 4.07. The van der Waals surface area contributed by atoms with E-state index < -0.39 is 0 Å². The standard InChI is InChI=1S/C13H22N2OS/c1-16-12(9-14)6-7-15(11-4-5-11)10-13-3-2-8-17-13/h2-3,8,11-12H,4-7,9-10,14H2,1H3. The van der Waals surface area contributed by atoms with Crippen molar-refractivity contribution in [1.29, 1.82) is 0 Å². The van der Waals surface area contributed by atoms with E-state index in [-0.39, 0.29) is 6.10 Å². The second-order valence-corrected chi connectivity index (χ2v) is 5.70. The van der Waals surface area contributed by atoms with Crippen LogP contribution in [0.5, 0.6) is 0 Å². The van der Waals surface area contributed by atoms with Crippen molar-refractivity contribution >= 4 is 11.3 Å². The van der Waals surface area contributed by atoms with Gasteiger partial charge in [-0.25, -0.2) is 0 Å². The van der Waals surface area contributed by atoms with Crippen molar-refractivity contribution < 1.29 is 4.74 Å². The van der Waals surface area contributed by atoms with Gasteiger partial charge in [0.15, 0.2) is 0 Å². The number of ether oxygens (including phenoxy) is 1. The lowest BCUT2D eigenvalue weighted by atomic mass is 10.2. The van der Waals surface area contributed by atoms with Gasteiger partial charge in [0, 0.05) is 37.7 Å². The Bertz CT molecular complexity index is 307. The average Bonchev–Trinajstić information content (AvgIpc) is 3.07. The highest BCUT2D eigenvalue weighted by molar-refractivity contribution is 7.09. The van der Waals surface area contributed by atoms with Crippen molar-refractivity contribution in [2.45, 2.75) is 38.0 Å². The minimum Gasteiger partial charge on any atom is -0.380 e. The van der Waals surface area contributed by atoms with E-state index >= 15 is 0 Å². The summed E-state index contributed by atoms with van der Waals surface area (Å²) >= 11 is 1.84. The molecule has 0 amide bonds. The molecule has 0 saturated heterocycles. The van der Waals surface area contributed by atoms with Crippen LogP contribution in [-0.4, -0.2) is 37.2 Å².